The summed E-state index contributed by atoms with van der Waals surface area (Å²) in [6.45, 7) is 4.07. The Morgan fingerprint density at radius 2 is 1.47 bits per heavy atom. The summed E-state index contributed by atoms with van der Waals surface area (Å²) in [6, 6.07) is 7.91. The molecule has 194 valence electrons. The van der Waals surface area contributed by atoms with Gasteiger partial charge in [-0.15, -0.1) is 4.73 Å². The Balaban J connectivity index is 2.09. The molecule has 0 radical (unpaired) electrons. The molecule has 1 unspecified atom stereocenters. The van der Waals surface area contributed by atoms with Crippen LogP contribution in [0.25, 0.3) is 10.9 Å². The van der Waals surface area contributed by atoms with Crippen LogP contribution in [0.2, 0.25) is 0 Å². The van der Waals surface area contributed by atoms with Crippen molar-refractivity contribution in [3.63, 3.8) is 0 Å². The largest absolute Gasteiger partial charge is 0.463 e. The fraction of sp³-hybridized carbons (Fsp3) is 0.435. The van der Waals surface area contributed by atoms with Gasteiger partial charge in [0.25, 0.3) is 11.8 Å². The number of aromatic nitrogens is 1. The summed E-state index contributed by atoms with van der Waals surface area (Å²) >= 11 is 3.36. The predicted octanol–water partition coefficient (Wildman–Crippen LogP) is 1.28. The van der Waals surface area contributed by atoms with Gasteiger partial charge in [-0.25, -0.2) is 0 Å². The number of esters is 4. The van der Waals surface area contributed by atoms with E-state index in [1.165, 1.54) is 6.07 Å². The van der Waals surface area contributed by atoms with E-state index in [1.54, 1.807) is 24.3 Å². The van der Waals surface area contributed by atoms with Crippen LogP contribution in [0.15, 0.2) is 39.6 Å². The molecule has 0 aliphatic carbocycles. The van der Waals surface area contributed by atoms with Gasteiger partial charge in [0.2, 0.25) is 6.10 Å². The zero-order chi connectivity index (χ0) is 26.6. The van der Waals surface area contributed by atoms with E-state index in [-0.39, 0.29) is 0 Å². The molecule has 0 amide bonds. The van der Waals surface area contributed by atoms with E-state index < -0.39 is 66.7 Å². The highest BCUT2D eigenvalue weighted by molar-refractivity contribution is 9.10. The van der Waals surface area contributed by atoms with Crippen LogP contribution in [-0.2, 0) is 42.9 Å². The number of hydrogen-bond donors (Lipinski definition) is 0. The Bertz CT molecular complexity index is 1230. The molecule has 0 saturated carbocycles. The van der Waals surface area contributed by atoms with Gasteiger partial charge in [-0.2, -0.15) is 0 Å². The molecule has 0 N–H and O–H groups in total. The third-order valence-electron chi connectivity index (χ3n) is 4.97. The first kappa shape index (κ1) is 27.1. The molecule has 1 aliphatic rings. The van der Waals surface area contributed by atoms with Crippen LogP contribution in [0.3, 0.4) is 0 Å². The number of hydrogen-bond acceptors (Lipinski definition) is 11. The number of carbonyl (C=O) groups excluding carboxylic acids is 4. The second-order valence-electron chi connectivity index (χ2n) is 7.84. The van der Waals surface area contributed by atoms with Gasteiger partial charge in [-0.3, -0.25) is 24.0 Å². The van der Waals surface area contributed by atoms with Gasteiger partial charge >= 0.3 is 23.9 Å². The Morgan fingerprint density at radius 3 is 2.08 bits per heavy atom. The maximum Gasteiger partial charge on any atom is 0.303 e. The van der Waals surface area contributed by atoms with Crippen molar-refractivity contribution in [2.75, 3.05) is 6.61 Å². The molecule has 3 rings (SSSR count). The summed E-state index contributed by atoms with van der Waals surface area (Å²) in [4.78, 5) is 65.8. The topological polar surface area (TPSA) is 146 Å². The number of ether oxygens (including phenoxy) is 5. The van der Waals surface area contributed by atoms with Crippen molar-refractivity contribution >= 4 is 50.7 Å². The van der Waals surface area contributed by atoms with Crippen molar-refractivity contribution in [2.45, 2.75) is 58.4 Å². The lowest BCUT2D eigenvalue weighted by atomic mass is 9.98. The van der Waals surface area contributed by atoms with E-state index in [0.717, 1.165) is 36.9 Å². The molecule has 1 aromatic heterocycles. The van der Waals surface area contributed by atoms with Crippen molar-refractivity contribution in [3.05, 3.63) is 45.2 Å². The van der Waals surface area contributed by atoms with Crippen molar-refractivity contribution < 1.29 is 47.7 Å². The second kappa shape index (κ2) is 11.5. The zero-order valence-corrected chi connectivity index (χ0v) is 21.4. The maximum atomic E-state index is 12.7. The molecule has 0 spiro atoms. The minimum atomic E-state index is -1.54. The Hall–Kier alpha value is -3.45. The number of fused-ring (bicyclic) bond motifs is 1. The molecule has 1 fully saturated rings. The zero-order valence-electron chi connectivity index (χ0n) is 19.8. The van der Waals surface area contributed by atoms with Crippen molar-refractivity contribution in [3.8, 4) is 0 Å². The first-order valence-corrected chi connectivity index (χ1v) is 11.5. The fourth-order valence-electron chi connectivity index (χ4n) is 3.68. The predicted molar refractivity (Wildman–Crippen MR) is 124 cm³/mol. The van der Waals surface area contributed by atoms with E-state index in [1.807, 2.05) is 0 Å². The molecule has 1 saturated heterocycles. The molecule has 0 bridgehead atoms. The fourth-order valence-corrected chi connectivity index (χ4v) is 4.06. The van der Waals surface area contributed by atoms with Crippen LogP contribution in [0.5, 0.6) is 0 Å². The average molecular weight is 570 g/mol. The van der Waals surface area contributed by atoms with Gasteiger partial charge in [0.1, 0.15) is 12.7 Å². The summed E-state index contributed by atoms with van der Waals surface area (Å²) < 4.78 is 28.7. The number of benzene rings is 1. The van der Waals surface area contributed by atoms with E-state index in [4.69, 9.17) is 28.5 Å². The van der Waals surface area contributed by atoms with E-state index >= 15 is 0 Å². The third-order valence-corrected chi connectivity index (χ3v) is 5.46. The van der Waals surface area contributed by atoms with E-state index in [2.05, 4.69) is 15.9 Å². The highest BCUT2D eigenvalue weighted by Crippen LogP contribution is 2.29. The molecule has 2 heterocycles. The lowest BCUT2D eigenvalue weighted by molar-refractivity contribution is -0.307. The minimum absolute atomic E-state index is 0.360. The smallest absolute Gasteiger partial charge is 0.303 e. The first-order chi connectivity index (χ1) is 17.0. The van der Waals surface area contributed by atoms with Crippen LogP contribution < -0.4 is 10.4 Å². The van der Waals surface area contributed by atoms with Gasteiger partial charge in [-0.05, 0) is 24.3 Å². The lowest BCUT2D eigenvalue weighted by Crippen LogP contribution is -2.64. The molecule has 1 aromatic carbocycles. The van der Waals surface area contributed by atoms with Crippen LogP contribution in [-0.4, -0.2) is 65.9 Å². The quantitative estimate of drug-likeness (QED) is 0.351. The molecule has 12 nitrogen and oxygen atoms in total. The second-order valence-corrected chi connectivity index (χ2v) is 8.76. The van der Waals surface area contributed by atoms with Crippen LogP contribution in [0.1, 0.15) is 27.7 Å². The number of carbonyl (C=O) groups is 4. The lowest BCUT2D eigenvalue weighted by Gasteiger charge is -2.43. The molecule has 36 heavy (non-hydrogen) atoms. The molecular formula is C23H24BrNO11. The van der Waals surface area contributed by atoms with Gasteiger partial charge < -0.3 is 28.5 Å². The Labute approximate surface area is 213 Å². The summed E-state index contributed by atoms with van der Waals surface area (Å²) in [5.74, 6) is -2.98. The summed E-state index contributed by atoms with van der Waals surface area (Å²) in [6.07, 6.45) is -6.98. The Morgan fingerprint density at radius 1 is 0.861 bits per heavy atom. The SMILES string of the molecule is CC(=O)OC[C@H]1OC(On2c(=O)ccc3cc(Br)ccc32)[C@H](OC(C)=O)[C@@H](OC(C)=O)[C@@H]1OC(C)=O. The summed E-state index contributed by atoms with van der Waals surface area (Å²) in [5.41, 5.74) is -0.212. The number of nitrogens with zero attached hydrogens (tertiary/aromatic N) is 1. The molecule has 1 aliphatic heterocycles. The van der Waals surface area contributed by atoms with Crippen LogP contribution in [0, 0.1) is 0 Å². The molecule has 5 atom stereocenters. The first-order valence-electron chi connectivity index (χ1n) is 10.7. The van der Waals surface area contributed by atoms with Crippen molar-refractivity contribution in [1.29, 1.82) is 0 Å². The number of rotatable bonds is 7. The highest BCUT2D eigenvalue weighted by Gasteiger charge is 2.53. The van der Waals surface area contributed by atoms with E-state index in [0.29, 0.717) is 10.9 Å². The van der Waals surface area contributed by atoms with Gasteiger partial charge in [0, 0.05) is 43.6 Å². The van der Waals surface area contributed by atoms with E-state index in [9.17, 15) is 24.0 Å². The van der Waals surface area contributed by atoms with Crippen molar-refractivity contribution in [1.82, 2.24) is 4.73 Å². The standard InChI is InChI=1S/C23H24BrNO11/c1-11(26)31-10-18-20(32-12(2)27)21(33-13(3)28)22(34-14(4)29)23(35-18)36-25-17-7-6-16(24)9-15(17)5-8-19(25)30/h5-9,18,20-23H,10H2,1-4H3/t18-,20-,21+,22-,23?/m1/s1. The third kappa shape index (κ3) is 6.61. The molecule has 2 aromatic rings. The minimum Gasteiger partial charge on any atom is -0.463 e. The van der Waals surface area contributed by atoms with Crippen molar-refractivity contribution in [2.24, 2.45) is 0 Å². The normalized spacial score (nSPS) is 23.4. The van der Waals surface area contributed by atoms with Gasteiger partial charge in [0.05, 0.1) is 5.52 Å². The number of halogens is 1. The summed E-state index contributed by atoms with van der Waals surface area (Å²) in [5, 5.41) is 0.634. The monoisotopic (exact) mass is 569 g/mol. The van der Waals surface area contributed by atoms with Gasteiger partial charge in [-0.1, -0.05) is 15.9 Å². The number of pyridine rings is 1. The Kier molecular flexibility index (Phi) is 8.69. The summed E-state index contributed by atoms with van der Waals surface area (Å²) in [7, 11) is 0. The van der Waals surface area contributed by atoms with Gasteiger partial charge in [0.15, 0.2) is 12.2 Å². The molecule has 13 heteroatoms. The highest BCUT2D eigenvalue weighted by atomic mass is 79.9. The average Bonchev–Trinajstić information content (AvgIpc) is 2.77. The van der Waals surface area contributed by atoms with Crippen LogP contribution >= 0.6 is 15.9 Å². The molecular weight excluding hydrogens is 546 g/mol. The van der Waals surface area contributed by atoms with Crippen LogP contribution in [0.4, 0.5) is 0 Å². The maximum absolute atomic E-state index is 12.7.